The highest BCUT2D eigenvalue weighted by Gasteiger charge is 2.31. The van der Waals surface area contributed by atoms with Gasteiger partial charge in [0, 0.05) is 20.5 Å². The van der Waals surface area contributed by atoms with E-state index in [9.17, 15) is 9.59 Å². The average molecular weight is 314 g/mol. The molecule has 0 aliphatic carbocycles. The SMILES string of the molecule is CC(=O)OC[C@H]1O[C@H](OCC2CCCO2)C=C[C@@H]1OC(C)=O. The highest BCUT2D eigenvalue weighted by Crippen LogP contribution is 2.19. The van der Waals surface area contributed by atoms with Gasteiger partial charge in [0.15, 0.2) is 6.29 Å². The number of esters is 2. The maximum absolute atomic E-state index is 11.1. The predicted molar refractivity (Wildman–Crippen MR) is 74.9 cm³/mol. The zero-order valence-electron chi connectivity index (χ0n) is 12.9. The molecule has 7 nitrogen and oxygen atoms in total. The van der Waals surface area contributed by atoms with Gasteiger partial charge in [-0.25, -0.2) is 0 Å². The molecular weight excluding hydrogens is 292 g/mol. The molecule has 22 heavy (non-hydrogen) atoms. The van der Waals surface area contributed by atoms with E-state index in [1.54, 1.807) is 12.2 Å². The zero-order chi connectivity index (χ0) is 15.9. The average Bonchev–Trinajstić information content (AvgIpc) is 2.97. The minimum Gasteiger partial charge on any atom is -0.463 e. The molecule has 0 saturated carbocycles. The highest BCUT2D eigenvalue weighted by atomic mass is 16.7. The minimum absolute atomic E-state index is 0.00257. The van der Waals surface area contributed by atoms with Crippen LogP contribution in [0.4, 0.5) is 0 Å². The molecule has 4 atom stereocenters. The molecule has 0 N–H and O–H groups in total. The van der Waals surface area contributed by atoms with Crippen molar-refractivity contribution in [1.29, 1.82) is 0 Å². The molecule has 0 amide bonds. The van der Waals surface area contributed by atoms with Crippen LogP contribution in [0.3, 0.4) is 0 Å². The van der Waals surface area contributed by atoms with E-state index in [1.165, 1.54) is 13.8 Å². The van der Waals surface area contributed by atoms with Crippen LogP contribution >= 0.6 is 0 Å². The van der Waals surface area contributed by atoms with Crippen molar-refractivity contribution in [2.24, 2.45) is 0 Å². The molecule has 0 radical (unpaired) electrons. The summed E-state index contributed by atoms with van der Waals surface area (Å²) in [6, 6.07) is 0. The second-order valence-corrected chi connectivity index (χ2v) is 5.27. The first kappa shape index (κ1) is 16.9. The van der Waals surface area contributed by atoms with Crippen molar-refractivity contribution in [3.63, 3.8) is 0 Å². The first-order valence-electron chi connectivity index (χ1n) is 7.42. The maximum atomic E-state index is 11.1. The van der Waals surface area contributed by atoms with Crippen molar-refractivity contribution in [2.45, 2.75) is 51.3 Å². The van der Waals surface area contributed by atoms with E-state index in [0.29, 0.717) is 6.61 Å². The first-order chi connectivity index (χ1) is 10.5. The number of hydrogen-bond donors (Lipinski definition) is 0. The van der Waals surface area contributed by atoms with Crippen LogP contribution < -0.4 is 0 Å². The van der Waals surface area contributed by atoms with Crippen LogP contribution in [0.25, 0.3) is 0 Å². The minimum atomic E-state index is -0.598. The van der Waals surface area contributed by atoms with Gasteiger partial charge in [-0.2, -0.15) is 0 Å². The zero-order valence-corrected chi connectivity index (χ0v) is 12.9. The monoisotopic (exact) mass is 314 g/mol. The van der Waals surface area contributed by atoms with E-state index in [4.69, 9.17) is 23.7 Å². The Hall–Kier alpha value is -1.44. The van der Waals surface area contributed by atoms with Crippen LogP contribution in [0.2, 0.25) is 0 Å². The van der Waals surface area contributed by atoms with Crippen LogP contribution in [-0.4, -0.2) is 56.4 Å². The lowest BCUT2D eigenvalue weighted by Crippen LogP contribution is -2.42. The summed E-state index contributed by atoms with van der Waals surface area (Å²) in [6.45, 7) is 3.82. The van der Waals surface area contributed by atoms with Gasteiger partial charge >= 0.3 is 11.9 Å². The molecule has 7 heteroatoms. The van der Waals surface area contributed by atoms with Crippen LogP contribution in [0.15, 0.2) is 12.2 Å². The third-order valence-corrected chi connectivity index (χ3v) is 3.36. The lowest BCUT2D eigenvalue weighted by Gasteiger charge is -2.31. The molecule has 0 aromatic heterocycles. The second-order valence-electron chi connectivity index (χ2n) is 5.27. The largest absolute Gasteiger partial charge is 0.463 e. The fourth-order valence-electron chi connectivity index (χ4n) is 2.33. The number of hydrogen-bond acceptors (Lipinski definition) is 7. The van der Waals surface area contributed by atoms with Crippen molar-refractivity contribution in [3.05, 3.63) is 12.2 Å². The van der Waals surface area contributed by atoms with Gasteiger partial charge in [-0.05, 0) is 25.0 Å². The van der Waals surface area contributed by atoms with Crippen LogP contribution in [-0.2, 0) is 33.3 Å². The molecule has 1 fully saturated rings. The van der Waals surface area contributed by atoms with Gasteiger partial charge in [-0.1, -0.05) is 0 Å². The normalized spacial score (nSPS) is 31.0. The quantitative estimate of drug-likeness (QED) is 0.533. The van der Waals surface area contributed by atoms with Crippen molar-refractivity contribution in [2.75, 3.05) is 19.8 Å². The van der Waals surface area contributed by atoms with Gasteiger partial charge in [0.2, 0.25) is 0 Å². The standard InChI is InChI=1S/C15H22O7/c1-10(16)19-9-14-13(21-11(2)17)5-6-15(22-14)20-8-12-4-3-7-18-12/h5-6,12-15H,3-4,7-9H2,1-2H3/t12?,13-,14+,15-/m0/s1. The lowest BCUT2D eigenvalue weighted by molar-refractivity contribution is -0.202. The second kappa shape index (κ2) is 8.26. The third kappa shape index (κ3) is 5.40. The molecule has 0 bridgehead atoms. The molecule has 0 aromatic rings. The molecule has 2 aliphatic rings. The lowest BCUT2D eigenvalue weighted by atomic mass is 10.1. The van der Waals surface area contributed by atoms with Crippen molar-refractivity contribution < 1.29 is 33.3 Å². The predicted octanol–water partition coefficient (Wildman–Crippen LogP) is 0.958. The Morgan fingerprint density at radius 2 is 2.00 bits per heavy atom. The summed E-state index contributed by atoms with van der Waals surface area (Å²) in [5, 5.41) is 0. The molecular formula is C15H22O7. The Kier molecular flexibility index (Phi) is 6.35. The van der Waals surface area contributed by atoms with Gasteiger partial charge in [-0.3, -0.25) is 9.59 Å². The third-order valence-electron chi connectivity index (χ3n) is 3.36. The molecule has 2 aliphatic heterocycles. The van der Waals surface area contributed by atoms with Crippen LogP contribution in [0, 0.1) is 0 Å². The Bertz CT molecular complexity index is 414. The molecule has 0 aromatic carbocycles. The van der Waals surface area contributed by atoms with Crippen molar-refractivity contribution >= 4 is 11.9 Å². The molecule has 0 spiro atoms. The van der Waals surface area contributed by atoms with E-state index in [0.717, 1.165) is 19.4 Å². The molecule has 1 unspecified atom stereocenters. The van der Waals surface area contributed by atoms with Crippen LogP contribution in [0.1, 0.15) is 26.7 Å². The van der Waals surface area contributed by atoms with E-state index in [1.807, 2.05) is 0 Å². The number of rotatable bonds is 6. The van der Waals surface area contributed by atoms with Crippen molar-refractivity contribution in [1.82, 2.24) is 0 Å². The Morgan fingerprint density at radius 3 is 2.64 bits per heavy atom. The number of carbonyl (C=O) groups is 2. The summed E-state index contributed by atoms with van der Waals surface area (Å²) in [6.07, 6.45) is 3.73. The van der Waals surface area contributed by atoms with Gasteiger partial charge < -0.3 is 23.7 Å². The Balaban J connectivity index is 1.87. The molecule has 1 saturated heterocycles. The Labute approximate surface area is 129 Å². The topological polar surface area (TPSA) is 80.3 Å². The van der Waals surface area contributed by atoms with E-state index in [2.05, 4.69) is 0 Å². The van der Waals surface area contributed by atoms with Crippen molar-refractivity contribution in [3.8, 4) is 0 Å². The highest BCUT2D eigenvalue weighted by molar-refractivity contribution is 5.66. The molecule has 124 valence electrons. The fraction of sp³-hybridized carbons (Fsp3) is 0.733. The maximum Gasteiger partial charge on any atom is 0.303 e. The fourth-order valence-corrected chi connectivity index (χ4v) is 2.33. The van der Waals surface area contributed by atoms with E-state index >= 15 is 0 Å². The summed E-state index contributed by atoms with van der Waals surface area (Å²) < 4.78 is 26.9. The summed E-state index contributed by atoms with van der Waals surface area (Å²) in [5.74, 6) is -0.846. The summed E-state index contributed by atoms with van der Waals surface area (Å²) in [7, 11) is 0. The van der Waals surface area contributed by atoms with Gasteiger partial charge in [0.25, 0.3) is 0 Å². The van der Waals surface area contributed by atoms with Gasteiger partial charge in [-0.15, -0.1) is 0 Å². The number of carbonyl (C=O) groups excluding carboxylic acids is 2. The number of ether oxygens (including phenoxy) is 5. The summed E-state index contributed by atoms with van der Waals surface area (Å²) in [5.41, 5.74) is 0. The van der Waals surface area contributed by atoms with E-state index in [-0.39, 0.29) is 12.7 Å². The van der Waals surface area contributed by atoms with Crippen LogP contribution in [0.5, 0.6) is 0 Å². The summed E-state index contributed by atoms with van der Waals surface area (Å²) >= 11 is 0. The molecule has 2 rings (SSSR count). The van der Waals surface area contributed by atoms with Gasteiger partial charge in [0.05, 0.1) is 12.7 Å². The Morgan fingerprint density at radius 1 is 1.18 bits per heavy atom. The summed E-state index contributed by atoms with van der Waals surface area (Å²) in [4.78, 5) is 22.1. The first-order valence-corrected chi connectivity index (χ1v) is 7.42. The molecule has 2 heterocycles. The van der Waals surface area contributed by atoms with E-state index < -0.39 is 30.4 Å². The smallest absolute Gasteiger partial charge is 0.303 e. The van der Waals surface area contributed by atoms with Gasteiger partial charge in [0.1, 0.15) is 18.8 Å².